The van der Waals surface area contributed by atoms with E-state index in [0.717, 1.165) is 72.7 Å². The molecule has 8 nitrogen and oxygen atoms in total. The minimum absolute atomic E-state index is 0.103. The number of hydrogen-bond acceptors (Lipinski definition) is 7. The molecule has 1 aliphatic carbocycles. The fraction of sp³-hybridized carbons (Fsp3) is 0.517. The third-order valence-electron chi connectivity index (χ3n) is 7.32. The Morgan fingerprint density at radius 3 is 2.68 bits per heavy atom. The Morgan fingerprint density at radius 2 is 1.87 bits per heavy atom. The van der Waals surface area contributed by atoms with Crippen LogP contribution in [0.3, 0.4) is 0 Å². The van der Waals surface area contributed by atoms with Gasteiger partial charge >= 0.3 is 4.87 Å². The molecule has 1 aromatic heterocycles. The van der Waals surface area contributed by atoms with Gasteiger partial charge in [0, 0.05) is 32.1 Å². The summed E-state index contributed by atoms with van der Waals surface area (Å²) >= 11 is 1.13. The Labute approximate surface area is 228 Å². The molecule has 1 saturated carbocycles. The molecule has 38 heavy (non-hydrogen) atoms. The summed E-state index contributed by atoms with van der Waals surface area (Å²) in [6.07, 6.45) is 7.98. The summed E-state index contributed by atoms with van der Waals surface area (Å²) in [5, 5.41) is 16.9. The van der Waals surface area contributed by atoms with E-state index in [1.807, 2.05) is 18.2 Å². The van der Waals surface area contributed by atoms with Crippen molar-refractivity contribution in [1.29, 1.82) is 0 Å². The van der Waals surface area contributed by atoms with Crippen LogP contribution in [0, 0.1) is 0 Å². The van der Waals surface area contributed by atoms with Crippen LogP contribution in [-0.2, 0) is 17.6 Å². The van der Waals surface area contributed by atoms with Crippen molar-refractivity contribution in [1.82, 2.24) is 20.5 Å². The third kappa shape index (κ3) is 7.82. The van der Waals surface area contributed by atoms with Crippen molar-refractivity contribution in [3.63, 3.8) is 0 Å². The van der Waals surface area contributed by atoms with E-state index in [1.165, 1.54) is 24.8 Å². The van der Waals surface area contributed by atoms with E-state index in [1.54, 1.807) is 13.2 Å². The normalized spacial score (nSPS) is 14.1. The molecule has 1 fully saturated rings. The van der Waals surface area contributed by atoms with E-state index < -0.39 is 0 Å². The summed E-state index contributed by atoms with van der Waals surface area (Å²) in [6, 6.07) is 11.9. The van der Waals surface area contributed by atoms with Crippen molar-refractivity contribution < 1.29 is 14.6 Å². The molecule has 0 spiro atoms. The molecular weight excluding hydrogens is 500 g/mol. The summed E-state index contributed by atoms with van der Waals surface area (Å²) in [5.41, 5.74) is 2.77. The van der Waals surface area contributed by atoms with Crippen molar-refractivity contribution in [3.8, 4) is 11.5 Å². The number of amides is 1. The van der Waals surface area contributed by atoms with Gasteiger partial charge in [-0.25, -0.2) is 0 Å². The molecule has 4 rings (SSSR count). The number of nitrogens with one attached hydrogen (secondary N) is 3. The average Bonchev–Trinajstić information content (AvgIpc) is 3.34. The number of aromatic hydroxyl groups is 1. The highest BCUT2D eigenvalue weighted by Crippen LogP contribution is 2.28. The lowest BCUT2D eigenvalue weighted by atomic mass is 9.94. The number of carbonyl (C=O) groups is 1. The van der Waals surface area contributed by atoms with Gasteiger partial charge in [0.2, 0.25) is 5.91 Å². The first kappa shape index (κ1) is 28.1. The number of benzene rings is 2. The zero-order chi connectivity index (χ0) is 26.7. The van der Waals surface area contributed by atoms with Crippen LogP contribution in [0.1, 0.15) is 49.7 Å². The average molecular weight is 541 g/mol. The third-order valence-corrected chi connectivity index (χ3v) is 8.27. The highest BCUT2D eigenvalue weighted by atomic mass is 32.1. The van der Waals surface area contributed by atoms with Crippen LogP contribution >= 0.6 is 11.3 Å². The van der Waals surface area contributed by atoms with Crippen molar-refractivity contribution in [2.24, 2.45) is 0 Å². The van der Waals surface area contributed by atoms with Crippen LogP contribution in [0.25, 0.3) is 10.2 Å². The highest BCUT2D eigenvalue weighted by molar-refractivity contribution is 7.16. The van der Waals surface area contributed by atoms with Crippen molar-refractivity contribution in [2.75, 3.05) is 39.8 Å². The first-order chi connectivity index (χ1) is 18.5. The number of H-pyrrole nitrogens is 1. The standard InChI is InChI=1S/C29H40N4O4S/c1-37-24-9-5-6-21(20-24)12-15-30-17-14-26(35)33(23-7-3-2-4-8-23)19-18-31-16-13-22-10-11-25(34)27-28(22)38-29(36)32-27/h5-6,9-11,20,23,30-31,34H,2-4,7-8,12-19H2,1H3,(H,32,36). The molecule has 3 aromatic rings. The Hall–Kier alpha value is -2.88. The summed E-state index contributed by atoms with van der Waals surface area (Å²) in [6.45, 7) is 3.68. The molecule has 4 N–H and O–H groups in total. The number of carbonyl (C=O) groups excluding carboxylic acids is 1. The number of phenols is 1. The van der Waals surface area contributed by atoms with Crippen LogP contribution in [0.5, 0.6) is 11.5 Å². The maximum Gasteiger partial charge on any atom is 0.305 e. The quantitative estimate of drug-likeness (QED) is 0.232. The molecule has 0 saturated heterocycles. The molecule has 0 radical (unpaired) electrons. The molecule has 206 valence electrons. The van der Waals surface area contributed by atoms with Crippen molar-refractivity contribution in [3.05, 3.63) is 57.2 Å². The van der Waals surface area contributed by atoms with E-state index in [-0.39, 0.29) is 16.5 Å². The molecule has 0 atom stereocenters. The van der Waals surface area contributed by atoms with Crippen LogP contribution in [0.15, 0.2) is 41.2 Å². The highest BCUT2D eigenvalue weighted by Gasteiger charge is 2.24. The fourth-order valence-electron chi connectivity index (χ4n) is 5.25. The van der Waals surface area contributed by atoms with Gasteiger partial charge in [-0.3, -0.25) is 9.59 Å². The van der Waals surface area contributed by atoms with E-state index in [4.69, 9.17) is 4.74 Å². The molecule has 1 amide bonds. The lowest BCUT2D eigenvalue weighted by Crippen LogP contribution is -2.45. The largest absolute Gasteiger partial charge is 0.506 e. The predicted molar refractivity (Wildman–Crippen MR) is 153 cm³/mol. The monoisotopic (exact) mass is 540 g/mol. The minimum atomic E-state index is -0.160. The van der Waals surface area contributed by atoms with Crippen LogP contribution in [0.4, 0.5) is 0 Å². The van der Waals surface area contributed by atoms with Gasteiger partial charge in [-0.1, -0.05) is 48.8 Å². The Bertz CT molecular complexity index is 1230. The zero-order valence-corrected chi connectivity index (χ0v) is 23.1. The number of aromatic nitrogens is 1. The van der Waals surface area contributed by atoms with E-state index in [9.17, 15) is 14.7 Å². The van der Waals surface area contributed by atoms with E-state index >= 15 is 0 Å². The van der Waals surface area contributed by atoms with Crippen LogP contribution in [-0.4, -0.2) is 66.8 Å². The maximum atomic E-state index is 13.2. The number of thiazole rings is 1. The number of nitrogens with zero attached hydrogens (tertiary/aromatic N) is 1. The number of hydrogen-bond donors (Lipinski definition) is 4. The van der Waals surface area contributed by atoms with Crippen molar-refractivity contribution >= 4 is 27.5 Å². The van der Waals surface area contributed by atoms with Crippen LogP contribution < -0.4 is 20.2 Å². The number of phenolic OH excluding ortho intramolecular Hbond substituents is 1. The number of aromatic amines is 1. The number of ether oxygens (including phenoxy) is 1. The lowest BCUT2D eigenvalue weighted by molar-refractivity contribution is -0.134. The van der Waals surface area contributed by atoms with Gasteiger partial charge in [0.1, 0.15) is 17.0 Å². The minimum Gasteiger partial charge on any atom is -0.506 e. The van der Waals surface area contributed by atoms with Crippen LogP contribution in [0.2, 0.25) is 0 Å². The Balaban J connectivity index is 1.21. The molecule has 1 aliphatic rings. The van der Waals surface area contributed by atoms with Gasteiger partial charge < -0.3 is 30.4 Å². The van der Waals surface area contributed by atoms with E-state index in [0.29, 0.717) is 31.1 Å². The Kier molecular flexibility index (Phi) is 10.6. The fourth-order valence-corrected chi connectivity index (χ4v) is 6.14. The number of fused-ring (bicyclic) bond motifs is 1. The number of rotatable bonds is 14. The molecule has 0 bridgehead atoms. The van der Waals surface area contributed by atoms with Gasteiger partial charge in [-0.05, 0) is 68.1 Å². The second-order valence-corrected chi connectivity index (χ2v) is 10.9. The number of methoxy groups -OCH3 is 1. The topological polar surface area (TPSA) is 107 Å². The van der Waals surface area contributed by atoms with Gasteiger partial charge in [-0.15, -0.1) is 0 Å². The van der Waals surface area contributed by atoms with Gasteiger partial charge in [0.05, 0.1) is 11.8 Å². The molecule has 1 heterocycles. The predicted octanol–water partition coefficient (Wildman–Crippen LogP) is 3.82. The van der Waals surface area contributed by atoms with Gasteiger partial charge in [0.25, 0.3) is 0 Å². The summed E-state index contributed by atoms with van der Waals surface area (Å²) < 4.78 is 6.11. The summed E-state index contributed by atoms with van der Waals surface area (Å²) in [7, 11) is 1.68. The maximum absolute atomic E-state index is 13.2. The molecule has 0 unspecified atom stereocenters. The van der Waals surface area contributed by atoms with Gasteiger partial charge in [-0.2, -0.15) is 0 Å². The SMILES string of the molecule is COc1cccc(CCNCCC(=O)N(CCNCCc2ccc(O)c3[nH]c(=O)sc23)C2CCCCC2)c1. The molecule has 2 aromatic carbocycles. The summed E-state index contributed by atoms with van der Waals surface area (Å²) in [4.78, 5) is 29.6. The van der Waals surface area contributed by atoms with E-state index in [2.05, 4.69) is 32.7 Å². The zero-order valence-electron chi connectivity index (χ0n) is 22.3. The Morgan fingerprint density at radius 1 is 1.08 bits per heavy atom. The lowest BCUT2D eigenvalue weighted by Gasteiger charge is -2.34. The van der Waals surface area contributed by atoms with Gasteiger partial charge in [0.15, 0.2) is 0 Å². The summed E-state index contributed by atoms with van der Waals surface area (Å²) in [5.74, 6) is 1.20. The molecule has 9 heteroatoms. The first-order valence-corrected chi connectivity index (χ1v) is 14.5. The molecular formula is C29H40N4O4S. The smallest absolute Gasteiger partial charge is 0.305 e. The second kappa shape index (κ2) is 14.3. The second-order valence-electron chi connectivity index (χ2n) is 9.94. The first-order valence-electron chi connectivity index (χ1n) is 13.7. The van der Waals surface area contributed by atoms with Crippen molar-refractivity contribution in [2.45, 2.75) is 57.4 Å². The molecule has 0 aliphatic heterocycles.